The highest BCUT2D eigenvalue weighted by atomic mass is 35.5. The molecule has 0 saturated carbocycles. The summed E-state index contributed by atoms with van der Waals surface area (Å²) in [5, 5.41) is 0. The first-order valence-corrected chi connectivity index (χ1v) is 3.78. The summed E-state index contributed by atoms with van der Waals surface area (Å²) < 4.78 is 59.0. The summed E-state index contributed by atoms with van der Waals surface area (Å²) in [6, 6.07) is 0. The van der Waals surface area contributed by atoms with Crippen LogP contribution in [0.25, 0.3) is 0 Å². The average Bonchev–Trinajstić information content (AvgIpc) is 2.06. The van der Waals surface area contributed by atoms with E-state index >= 15 is 0 Å². The van der Waals surface area contributed by atoms with Gasteiger partial charge in [-0.2, -0.15) is 8.78 Å². The zero-order chi connectivity index (χ0) is 11.1. The van der Waals surface area contributed by atoms with Gasteiger partial charge in [-0.05, 0) is 0 Å². The second-order valence-electron chi connectivity index (χ2n) is 2.19. The molecule has 0 bridgehead atoms. The van der Waals surface area contributed by atoms with Gasteiger partial charge in [0.2, 0.25) is 11.6 Å². The van der Waals surface area contributed by atoms with Crippen LogP contribution in [0.15, 0.2) is 0 Å². The Balaban J connectivity index is 3.49. The zero-order valence-electron chi connectivity index (χ0n) is 6.09. The number of hydrogen-bond acceptors (Lipinski definition) is 1. The molecule has 0 N–H and O–H groups in total. The first kappa shape index (κ1) is 11.5. The van der Waals surface area contributed by atoms with Gasteiger partial charge in [0.15, 0.2) is 11.5 Å². The van der Waals surface area contributed by atoms with Crippen molar-refractivity contribution in [1.82, 2.24) is 4.98 Å². The molecule has 0 aliphatic rings. The minimum absolute atomic E-state index is 1.56. The van der Waals surface area contributed by atoms with Gasteiger partial charge in [0.05, 0.1) is 0 Å². The molecule has 0 saturated heterocycles. The van der Waals surface area contributed by atoms with Crippen molar-refractivity contribution < 1.29 is 22.0 Å². The van der Waals surface area contributed by atoms with Crippen LogP contribution in [0.2, 0.25) is 0 Å². The van der Waals surface area contributed by atoms with E-state index in [0.717, 1.165) is 0 Å². The van der Waals surface area contributed by atoms with E-state index in [1.165, 1.54) is 0 Å². The lowest BCUT2D eigenvalue weighted by molar-refractivity contribution is 0.336. The third-order valence-electron chi connectivity index (χ3n) is 1.25. The van der Waals surface area contributed by atoms with Gasteiger partial charge in [-0.1, -0.05) is 23.2 Å². The highest BCUT2D eigenvalue weighted by molar-refractivity contribution is 6.46. The Morgan fingerprint density at radius 1 is 0.929 bits per heavy atom. The van der Waals surface area contributed by atoms with Crippen molar-refractivity contribution in [3.05, 3.63) is 29.1 Å². The molecule has 14 heavy (non-hydrogen) atoms. The molecule has 1 rings (SSSR count). The van der Waals surface area contributed by atoms with Crippen LogP contribution >= 0.6 is 23.2 Å². The molecule has 1 nitrogen and oxygen atoms in total. The number of alkyl halides is 3. The van der Waals surface area contributed by atoms with Gasteiger partial charge in [0.25, 0.3) is 5.95 Å². The largest absolute Gasteiger partial charge is 0.303 e. The Hall–Kier alpha value is -0.620. The van der Waals surface area contributed by atoms with Crippen LogP contribution in [0.5, 0.6) is 0 Å². The smallest absolute Gasteiger partial charge is 0.213 e. The Morgan fingerprint density at radius 3 is 1.86 bits per heavy atom. The van der Waals surface area contributed by atoms with Gasteiger partial charge >= 0.3 is 4.59 Å². The molecule has 0 aromatic carbocycles. The SMILES string of the molecule is Fc1nc(C(F)(Cl)Cl)c(F)c(F)c1F. The second-order valence-corrected chi connectivity index (χ2v) is 3.43. The lowest BCUT2D eigenvalue weighted by Crippen LogP contribution is -2.14. The zero-order valence-corrected chi connectivity index (χ0v) is 7.60. The molecule has 0 amide bonds. The number of aromatic nitrogens is 1. The number of rotatable bonds is 1. The van der Waals surface area contributed by atoms with Gasteiger partial charge < -0.3 is 0 Å². The van der Waals surface area contributed by atoms with Gasteiger partial charge in [0, 0.05) is 0 Å². The Bertz CT molecular complexity index is 375. The highest BCUT2D eigenvalue weighted by Gasteiger charge is 2.35. The van der Waals surface area contributed by atoms with E-state index in [1.807, 2.05) is 0 Å². The highest BCUT2D eigenvalue weighted by Crippen LogP contribution is 2.36. The molecule has 0 aliphatic carbocycles. The molecule has 0 fully saturated rings. The molecular formula is C6Cl2F5N. The number of halogens is 7. The number of hydrogen-bond donors (Lipinski definition) is 0. The van der Waals surface area contributed by atoms with Crippen molar-refractivity contribution in [1.29, 1.82) is 0 Å². The first-order valence-electron chi connectivity index (χ1n) is 3.02. The van der Waals surface area contributed by atoms with E-state index < -0.39 is 33.7 Å². The molecule has 0 radical (unpaired) electrons. The predicted octanol–water partition coefficient (Wildman–Crippen LogP) is 3.20. The van der Waals surface area contributed by atoms with E-state index in [2.05, 4.69) is 4.98 Å². The van der Waals surface area contributed by atoms with Crippen molar-refractivity contribution in [2.45, 2.75) is 4.59 Å². The summed E-state index contributed by atoms with van der Waals surface area (Å²) in [5.74, 6) is -8.49. The predicted molar refractivity (Wildman–Crippen MR) is 38.6 cm³/mol. The lowest BCUT2D eigenvalue weighted by Gasteiger charge is -2.10. The monoisotopic (exact) mass is 251 g/mol. The van der Waals surface area contributed by atoms with Crippen LogP contribution in [0.3, 0.4) is 0 Å². The topological polar surface area (TPSA) is 12.9 Å². The summed E-state index contributed by atoms with van der Waals surface area (Å²) in [5.41, 5.74) is -1.56. The van der Waals surface area contributed by atoms with Crippen LogP contribution in [0.4, 0.5) is 22.0 Å². The van der Waals surface area contributed by atoms with E-state index in [0.29, 0.717) is 0 Å². The fraction of sp³-hybridized carbons (Fsp3) is 0.167. The molecule has 0 aliphatic heterocycles. The van der Waals surface area contributed by atoms with Gasteiger partial charge in [0.1, 0.15) is 0 Å². The summed E-state index contributed by atoms with van der Waals surface area (Å²) in [7, 11) is 0. The Kier molecular flexibility index (Phi) is 2.87. The molecule has 8 heteroatoms. The summed E-state index contributed by atoms with van der Waals surface area (Å²) in [4.78, 5) is 2.41. The fourth-order valence-corrected chi connectivity index (χ4v) is 0.925. The molecule has 0 spiro atoms. The summed E-state index contributed by atoms with van der Waals surface area (Å²) in [6.45, 7) is 0. The maximum Gasteiger partial charge on any atom is 0.303 e. The van der Waals surface area contributed by atoms with Crippen molar-refractivity contribution >= 4 is 23.2 Å². The fourth-order valence-electron chi connectivity index (χ4n) is 0.675. The Morgan fingerprint density at radius 2 is 1.43 bits per heavy atom. The van der Waals surface area contributed by atoms with Crippen LogP contribution < -0.4 is 0 Å². The van der Waals surface area contributed by atoms with Crippen molar-refractivity contribution in [3.63, 3.8) is 0 Å². The molecular weight excluding hydrogens is 252 g/mol. The van der Waals surface area contributed by atoms with Crippen LogP contribution in [0, 0.1) is 23.4 Å². The van der Waals surface area contributed by atoms with E-state index in [1.54, 1.807) is 0 Å². The van der Waals surface area contributed by atoms with E-state index in [9.17, 15) is 22.0 Å². The number of nitrogens with zero attached hydrogens (tertiary/aromatic N) is 1. The van der Waals surface area contributed by atoms with Gasteiger partial charge in [-0.3, -0.25) is 0 Å². The quantitative estimate of drug-likeness (QED) is 0.425. The minimum atomic E-state index is -3.43. The molecule has 0 unspecified atom stereocenters. The maximum atomic E-state index is 12.7. The van der Waals surface area contributed by atoms with E-state index in [-0.39, 0.29) is 0 Å². The molecule has 1 heterocycles. The van der Waals surface area contributed by atoms with Crippen LogP contribution in [0.1, 0.15) is 5.69 Å². The summed E-state index contributed by atoms with van der Waals surface area (Å²) in [6.07, 6.45) is 0. The molecule has 1 aromatic heterocycles. The van der Waals surface area contributed by atoms with Crippen molar-refractivity contribution in [2.24, 2.45) is 0 Å². The molecule has 78 valence electrons. The third kappa shape index (κ3) is 1.90. The van der Waals surface area contributed by atoms with Crippen LogP contribution in [-0.4, -0.2) is 4.98 Å². The van der Waals surface area contributed by atoms with Gasteiger partial charge in [-0.15, -0.1) is 0 Å². The third-order valence-corrected chi connectivity index (χ3v) is 1.61. The van der Waals surface area contributed by atoms with E-state index in [4.69, 9.17) is 23.2 Å². The van der Waals surface area contributed by atoms with Crippen LogP contribution in [-0.2, 0) is 4.59 Å². The lowest BCUT2D eigenvalue weighted by atomic mass is 10.3. The first-order chi connectivity index (χ1) is 6.25. The Labute approximate surface area is 84.5 Å². The second kappa shape index (κ2) is 3.51. The number of pyridine rings is 1. The van der Waals surface area contributed by atoms with Crippen molar-refractivity contribution in [3.8, 4) is 0 Å². The van der Waals surface area contributed by atoms with Gasteiger partial charge in [-0.25, -0.2) is 18.2 Å². The maximum absolute atomic E-state index is 12.7. The minimum Gasteiger partial charge on any atom is -0.213 e. The molecule has 1 aromatic rings. The standard InChI is InChI=1S/C6Cl2F5N/c7-6(8,13)4-2(10)1(9)3(11)5(12)14-4. The summed E-state index contributed by atoms with van der Waals surface area (Å²) >= 11 is 9.40. The van der Waals surface area contributed by atoms with Crippen molar-refractivity contribution in [2.75, 3.05) is 0 Å². The average molecular weight is 252 g/mol. The normalized spacial score (nSPS) is 11.9. The molecule has 0 atom stereocenters.